The number of thiophene rings is 1. The first-order chi connectivity index (χ1) is 14.5. The van der Waals surface area contributed by atoms with Crippen LogP contribution in [0.25, 0.3) is 10.2 Å². The molecule has 3 rings (SSSR count). The van der Waals surface area contributed by atoms with E-state index in [-0.39, 0.29) is 40.1 Å². The summed E-state index contributed by atoms with van der Waals surface area (Å²) < 4.78 is 41.1. The van der Waals surface area contributed by atoms with Gasteiger partial charge in [0.05, 0.1) is 27.9 Å². The lowest BCUT2D eigenvalue weighted by Gasteiger charge is -2.36. The first-order valence-corrected chi connectivity index (χ1v) is 10.8. The number of carbonyl (C=O) groups excluding carboxylic acids is 2. The Hall–Kier alpha value is -2.40. The number of alkyl halides is 3. The van der Waals surface area contributed by atoms with Crippen molar-refractivity contribution in [2.75, 3.05) is 51.7 Å². The van der Waals surface area contributed by atoms with Gasteiger partial charge in [0.25, 0.3) is 5.91 Å². The predicted octanol–water partition coefficient (Wildman–Crippen LogP) is 2.66. The van der Waals surface area contributed by atoms with Crippen LogP contribution < -0.4 is 10.2 Å². The molecule has 1 saturated heterocycles. The lowest BCUT2D eigenvalue weighted by Crippen LogP contribution is -2.50. The molecule has 2 aromatic rings. The Labute approximate surface area is 182 Å². The zero-order valence-corrected chi connectivity index (χ0v) is 18.7. The Morgan fingerprint density at radius 2 is 1.90 bits per heavy atom. The second kappa shape index (κ2) is 8.99. The summed E-state index contributed by atoms with van der Waals surface area (Å²) in [5, 5.41) is 3.85. The Balaban J connectivity index is 1.83. The molecule has 0 bridgehead atoms. The molecule has 0 aliphatic carbocycles. The molecule has 0 radical (unpaired) electrons. The summed E-state index contributed by atoms with van der Waals surface area (Å²) in [5.41, 5.74) is -0.593. The van der Waals surface area contributed by atoms with Crippen LogP contribution in [0.3, 0.4) is 0 Å². The molecule has 0 unspecified atom stereocenters. The van der Waals surface area contributed by atoms with Gasteiger partial charge in [-0.2, -0.15) is 13.2 Å². The average Bonchev–Trinajstić information content (AvgIpc) is 3.15. The van der Waals surface area contributed by atoms with Gasteiger partial charge in [0, 0.05) is 51.7 Å². The number of rotatable bonds is 5. The summed E-state index contributed by atoms with van der Waals surface area (Å²) in [6.07, 6.45) is -4.56. The van der Waals surface area contributed by atoms with Crippen molar-refractivity contribution in [1.29, 1.82) is 0 Å². The lowest BCUT2D eigenvalue weighted by molar-refractivity contribution is -0.136. The Morgan fingerprint density at radius 3 is 2.45 bits per heavy atom. The van der Waals surface area contributed by atoms with Gasteiger partial charge in [-0.05, 0) is 19.9 Å². The maximum Gasteiger partial charge on any atom is 0.417 e. The quantitative estimate of drug-likeness (QED) is 0.748. The minimum atomic E-state index is -4.56. The molecule has 0 saturated carbocycles. The molecule has 1 aliphatic rings. The highest BCUT2D eigenvalue weighted by molar-refractivity contribution is 7.17. The molecule has 1 N–H and O–H groups in total. The highest BCUT2D eigenvalue weighted by Gasteiger charge is 2.36. The summed E-state index contributed by atoms with van der Waals surface area (Å²) in [6, 6.07) is 1.16. The molecule has 3 heterocycles. The smallest absolute Gasteiger partial charge is 0.355 e. The fourth-order valence-electron chi connectivity index (χ4n) is 3.39. The van der Waals surface area contributed by atoms with Crippen LogP contribution in [0.1, 0.15) is 29.8 Å². The first-order valence-electron chi connectivity index (χ1n) is 9.97. The normalized spacial score (nSPS) is 15.5. The molecule has 1 fully saturated rings. The summed E-state index contributed by atoms with van der Waals surface area (Å²) in [5.74, 6) is -0.272. The number of hydrogen-bond acceptors (Lipinski definition) is 6. The van der Waals surface area contributed by atoms with E-state index in [4.69, 9.17) is 0 Å². The molecule has 7 nitrogen and oxygen atoms in total. The van der Waals surface area contributed by atoms with E-state index in [2.05, 4.69) is 10.3 Å². The van der Waals surface area contributed by atoms with Gasteiger partial charge in [-0.25, -0.2) is 4.98 Å². The zero-order valence-electron chi connectivity index (χ0n) is 17.9. The molecule has 11 heteroatoms. The van der Waals surface area contributed by atoms with E-state index < -0.39 is 17.6 Å². The fraction of sp³-hybridized carbons (Fsp3) is 0.550. The van der Waals surface area contributed by atoms with Crippen LogP contribution in [-0.2, 0) is 11.0 Å². The molecule has 1 aliphatic heterocycles. The minimum Gasteiger partial charge on any atom is -0.355 e. The minimum absolute atomic E-state index is 0.0100. The lowest BCUT2D eigenvalue weighted by atomic mass is 10.1. The standard InChI is InChI=1S/C20H26F3N5O2S/c1-12(2)26(4)16(29)10-27-5-7-28(8-6-27)15-9-14(20(21,22)23)18-17(25-15)13(11-31-18)19(30)24-3/h9,11-12H,5-8,10H2,1-4H3,(H,24,30). The van der Waals surface area contributed by atoms with Crippen molar-refractivity contribution in [2.45, 2.75) is 26.1 Å². The van der Waals surface area contributed by atoms with Crippen molar-refractivity contribution in [3.8, 4) is 0 Å². The summed E-state index contributed by atoms with van der Waals surface area (Å²) in [4.78, 5) is 34.3. The number of aromatic nitrogens is 1. The largest absolute Gasteiger partial charge is 0.417 e. The third-order valence-electron chi connectivity index (χ3n) is 5.51. The molecule has 31 heavy (non-hydrogen) atoms. The van der Waals surface area contributed by atoms with E-state index in [1.54, 1.807) is 16.8 Å². The number of carbonyl (C=O) groups is 2. The van der Waals surface area contributed by atoms with Crippen LogP contribution >= 0.6 is 11.3 Å². The number of pyridine rings is 1. The number of anilines is 1. The van der Waals surface area contributed by atoms with E-state index in [1.807, 2.05) is 18.7 Å². The van der Waals surface area contributed by atoms with Gasteiger partial charge < -0.3 is 15.1 Å². The van der Waals surface area contributed by atoms with Gasteiger partial charge in [0.1, 0.15) is 5.82 Å². The average molecular weight is 458 g/mol. The third kappa shape index (κ3) is 4.93. The first kappa shape index (κ1) is 23.3. The number of likely N-dealkylation sites (N-methyl/N-ethyl adjacent to an activating group) is 1. The van der Waals surface area contributed by atoms with Crippen LogP contribution in [0, 0.1) is 0 Å². The number of halogens is 3. The van der Waals surface area contributed by atoms with Crippen molar-refractivity contribution in [3.05, 3.63) is 22.6 Å². The van der Waals surface area contributed by atoms with E-state index in [9.17, 15) is 22.8 Å². The topological polar surface area (TPSA) is 68.8 Å². The second-order valence-electron chi connectivity index (χ2n) is 7.79. The van der Waals surface area contributed by atoms with Crippen LogP contribution in [0.4, 0.5) is 19.0 Å². The highest BCUT2D eigenvalue weighted by Crippen LogP contribution is 2.40. The molecule has 0 atom stereocenters. The van der Waals surface area contributed by atoms with Gasteiger partial charge in [0.2, 0.25) is 5.91 Å². The number of nitrogens with zero attached hydrogens (tertiary/aromatic N) is 4. The molecular weight excluding hydrogens is 431 g/mol. The van der Waals surface area contributed by atoms with E-state index in [0.717, 1.165) is 17.4 Å². The Morgan fingerprint density at radius 1 is 1.26 bits per heavy atom. The molecule has 170 valence electrons. The van der Waals surface area contributed by atoms with Crippen molar-refractivity contribution in [3.63, 3.8) is 0 Å². The molecule has 0 aromatic carbocycles. The van der Waals surface area contributed by atoms with Crippen LogP contribution in [0.2, 0.25) is 0 Å². The van der Waals surface area contributed by atoms with Gasteiger partial charge in [-0.15, -0.1) is 11.3 Å². The monoisotopic (exact) mass is 457 g/mol. The van der Waals surface area contributed by atoms with Crippen LogP contribution in [-0.4, -0.2) is 79.5 Å². The maximum absolute atomic E-state index is 13.7. The predicted molar refractivity (Wildman–Crippen MR) is 115 cm³/mol. The highest BCUT2D eigenvalue weighted by atomic mass is 32.1. The molecule has 2 aromatic heterocycles. The van der Waals surface area contributed by atoms with E-state index >= 15 is 0 Å². The summed E-state index contributed by atoms with van der Waals surface area (Å²) in [6.45, 7) is 6.09. The van der Waals surface area contributed by atoms with Crippen molar-refractivity contribution in [2.24, 2.45) is 0 Å². The SMILES string of the molecule is CNC(=O)c1csc2c(C(F)(F)F)cc(N3CCN(CC(=O)N(C)C(C)C)CC3)nc12. The van der Waals surface area contributed by atoms with Crippen LogP contribution in [0.15, 0.2) is 11.4 Å². The number of fused-ring (bicyclic) bond motifs is 1. The summed E-state index contributed by atoms with van der Waals surface area (Å²) >= 11 is 0.866. The fourth-order valence-corrected chi connectivity index (χ4v) is 4.41. The van der Waals surface area contributed by atoms with Crippen LogP contribution in [0.5, 0.6) is 0 Å². The van der Waals surface area contributed by atoms with Crippen molar-refractivity contribution >= 4 is 39.2 Å². The van der Waals surface area contributed by atoms with Gasteiger partial charge in [-0.3, -0.25) is 14.5 Å². The van der Waals surface area contributed by atoms with Crippen molar-refractivity contribution in [1.82, 2.24) is 20.1 Å². The maximum atomic E-state index is 13.7. The second-order valence-corrected chi connectivity index (χ2v) is 8.67. The Bertz CT molecular complexity index is 968. The Kier molecular flexibility index (Phi) is 6.75. The van der Waals surface area contributed by atoms with E-state index in [0.29, 0.717) is 26.2 Å². The number of amides is 2. The molecule has 0 spiro atoms. The number of hydrogen-bond donors (Lipinski definition) is 1. The number of nitrogens with one attached hydrogen (secondary N) is 1. The molecule has 2 amide bonds. The van der Waals surface area contributed by atoms with Crippen molar-refractivity contribution < 1.29 is 22.8 Å². The van der Waals surface area contributed by atoms with Gasteiger partial charge >= 0.3 is 6.18 Å². The van der Waals surface area contributed by atoms with Gasteiger partial charge in [-0.1, -0.05) is 0 Å². The number of piperazine rings is 1. The molecular formula is C20H26F3N5O2S. The zero-order chi connectivity index (χ0) is 22.9. The van der Waals surface area contributed by atoms with E-state index in [1.165, 1.54) is 12.4 Å². The third-order valence-corrected chi connectivity index (χ3v) is 6.51. The van der Waals surface area contributed by atoms with Gasteiger partial charge in [0.15, 0.2) is 0 Å². The summed E-state index contributed by atoms with van der Waals surface area (Å²) in [7, 11) is 3.18.